The summed E-state index contributed by atoms with van der Waals surface area (Å²) < 4.78 is 11.9. The molecule has 0 aliphatic rings. The average Bonchev–Trinajstić information content (AvgIpc) is 3.53. The first-order valence-electron chi connectivity index (χ1n) is 11.3. The first kappa shape index (κ1) is 25.3. The maximum atomic E-state index is 12.7. The van der Waals surface area contributed by atoms with E-state index in [-0.39, 0.29) is 9.88 Å². The molecule has 0 atom stereocenters. The molecule has 0 aliphatic heterocycles. The molecule has 2 heterocycles. The van der Waals surface area contributed by atoms with E-state index < -0.39 is 10.8 Å². The zero-order valence-corrected chi connectivity index (χ0v) is 20.8. The van der Waals surface area contributed by atoms with Crippen LogP contribution in [0.3, 0.4) is 0 Å². The number of hydrogen-bond donors (Lipinski definition) is 2. The largest absolute Gasteiger partial charge is 0.494 e. The standard InChI is InChI=1S/C25H24N4O5S2/c26-15-5-2-6-16-33-18-11-9-17(10-12-18)22-24(34-19-7-3-1-4-8-19)36-25(27-22)28-23(30)20-13-14-21(35-20)29(31)32/h1,3-4,7-14H,2,5-6,15-16,26H2,(H,27,28,30). The smallest absolute Gasteiger partial charge is 0.324 e. The molecule has 0 saturated carbocycles. The van der Waals surface area contributed by atoms with E-state index in [1.165, 1.54) is 23.5 Å². The Bertz CT molecular complexity index is 1310. The number of aromatic nitrogens is 1. The lowest BCUT2D eigenvalue weighted by Gasteiger charge is -2.08. The maximum Gasteiger partial charge on any atom is 0.324 e. The van der Waals surface area contributed by atoms with E-state index >= 15 is 0 Å². The minimum atomic E-state index is -0.526. The van der Waals surface area contributed by atoms with Gasteiger partial charge in [-0.25, -0.2) is 4.98 Å². The first-order valence-corrected chi connectivity index (χ1v) is 12.9. The Labute approximate surface area is 215 Å². The van der Waals surface area contributed by atoms with Crippen LogP contribution in [0.25, 0.3) is 11.3 Å². The van der Waals surface area contributed by atoms with Crippen molar-refractivity contribution in [1.82, 2.24) is 4.98 Å². The van der Waals surface area contributed by atoms with Crippen LogP contribution in [0.1, 0.15) is 28.9 Å². The number of hydrogen-bond acceptors (Lipinski definition) is 9. The van der Waals surface area contributed by atoms with Gasteiger partial charge in [0, 0.05) is 11.6 Å². The van der Waals surface area contributed by atoms with Crippen LogP contribution in [0, 0.1) is 10.1 Å². The Morgan fingerprint density at radius 1 is 0.972 bits per heavy atom. The monoisotopic (exact) mass is 524 g/mol. The Hall–Kier alpha value is -3.80. The van der Waals surface area contributed by atoms with Gasteiger partial charge in [-0.3, -0.25) is 20.2 Å². The number of amides is 1. The lowest BCUT2D eigenvalue weighted by atomic mass is 10.1. The molecule has 0 fully saturated rings. The fourth-order valence-corrected chi connectivity index (χ4v) is 4.81. The predicted molar refractivity (Wildman–Crippen MR) is 141 cm³/mol. The summed E-state index contributed by atoms with van der Waals surface area (Å²) in [7, 11) is 0. The number of nitrogens with one attached hydrogen (secondary N) is 1. The van der Waals surface area contributed by atoms with E-state index in [0.717, 1.165) is 41.9 Å². The van der Waals surface area contributed by atoms with E-state index in [2.05, 4.69) is 10.3 Å². The summed E-state index contributed by atoms with van der Waals surface area (Å²) in [6.45, 7) is 1.31. The van der Waals surface area contributed by atoms with Crippen LogP contribution in [0.4, 0.5) is 10.1 Å². The van der Waals surface area contributed by atoms with Crippen molar-refractivity contribution in [2.45, 2.75) is 19.3 Å². The Morgan fingerprint density at radius 3 is 2.44 bits per heavy atom. The van der Waals surface area contributed by atoms with Gasteiger partial charge in [0.05, 0.1) is 16.4 Å². The highest BCUT2D eigenvalue weighted by Crippen LogP contribution is 2.41. The highest BCUT2D eigenvalue weighted by atomic mass is 32.1. The van der Waals surface area contributed by atoms with E-state index in [0.29, 0.717) is 34.8 Å². The van der Waals surface area contributed by atoms with E-state index in [4.69, 9.17) is 15.2 Å². The summed E-state index contributed by atoms with van der Waals surface area (Å²) in [5.74, 6) is 0.907. The predicted octanol–water partition coefficient (Wildman–Crippen LogP) is 6.33. The molecule has 0 aliphatic carbocycles. The number of carbonyl (C=O) groups excluding carboxylic acids is 1. The van der Waals surface area contributed by atoms with Gasteiger partial charge in [0.15, 0.2) is 5.13 Å². The molecule has 0 bridgehead atoms. The average molecular weight is 525 g/mol. The molecule has 0 radical (unpaired) electrons. The highest BCUT2D eigenvalue weighted by molar-refractivity contribution is 7.19. The van der Waals surface area contributed by atoms with Crippen LogP contribution in [0.5, 0.6) is 16.6 Å². The fraction of sp³-hybridized carbons (Fsp3) is 0.200. The molecule has 9 nitrogen and oxygen atoms in total. The van der Waals surface area contributed by atoms with Gasteiger partial charge >= 0.3 is 5.00 Å². The number of nitrogens with zero attached hydrogens (tertiary/aromatic N) is 2. The van der Waals surface area contributed by atoms with Crippen molar-refractivity contribution in [2.75, 3.05) is 18.5 Å². The number of ether oxygens (including phenoxy) is 2. The summed E-state index contributed by atoms with van der Waals surface area (Å²) in [5, 5.41) is 14.4. The number of nitrogens with two attached hydrogens (primary N) is 1. The minimum Gasteiger partial charge on any atom is -0.494 e. The Morgan fingerprint density at radius 2 is 1.75 bits per heavy atom. The van der Waals surface area contributed by atoms with Crippen molar-refractivity contribution in [3.63, 3.8) is 0 Å². The summed E-state index contributed by atoms with van der Waals surface area (Å²) in [4.78, 5) is 27.9. The molecule has 4 aromatic rings. The van der Waals surface area contributed by atoms with Gasteiger partial charge in [0.2, 0.25) is 5.06 Å². The van der Waals surface area contributed by atoms with Crippen LogP contribution in [-0.2, 0) is 0 Å². The van der Waals surface area contributed by atoms with Crippen LogP contribution < -0.4 is 20.5 Å². The number of rotatable bonds is 12. The second kappa shape index (κ2) is 12.2. The Balaban J connectivity index is 1.53. The number of anilines is 1. The second-order valence-corrected chi connectivity index (χ2v) is 9.67. The van der Waals surface area contributed by atoms with Crippen molar-refractivity contribution in [2.24, 2.45) is 5.73 Å². The zero-order chi connectivity index (χ0) is 25.3. The lowest BCUT2D eigenvalue weighted by molar-refractivity contribution is -0.380. The molecule has 0 saturated heterocycles. The number of carbonyl (C=O) groups is 1. The summed E-state index contributed by atoms with van der Waals surface area (Å²) >= 11 is 1.98. The zero-order valence-electron chi connectivity index (χ0n) is 19.2. The molecule has 1 amide bonds. The topological polar surface area (TPSA) is 130 Å². The third-order valence-electron chi connectivity index (χ3n) is 5.01. The van der Waals surface area contributed by atoms with Crippen molar-refractivity contribution in [3.8, 4) is 27.8 Å². The first-order chi connectivity index (χ1) is 17.5. The molecule has 0 spiro atoms. The molecule has 11 heteroatoms. The molecule has 186 valence electrons. The van der Waals surface area contributed by atoms with Gasteiger partial charge in [-0.15, -0.1) is 0 Å². The number of thiazole rings is 1. The third-order valence-corrected chi connectivity index (χ3v) is 6.90. The van der Waals surface area contributed by atoms with E-state index in [9.17, 15) is 14.9 Å². The van der Waals surface area contributed by atoms with Gasteiger partial charge < -0.3 is 15.2 Å². The van der Waals surface area contributed by atoms with E-state index in [1.807, 2.05) is 54.6 Å². The van der Waals surface area contributed by atoms with Crippen LogP contribution in [0.2, 0.25) is 0 Å². The van der Waals surface area contributed by atoms with Crippen LogP contribution >= 0.6 is 22.7 Å². The van der Waals surface area contributed by atoms with Crippen molar-refractivity contribution >= 4 is 38.7 Å². The van der Waals surface area contributed by atoms with Gasteiger partial charge in [-0.05, 0) is 68.3 Å². The molecule has 36 heavy (non-hydrogen) atoms. The number of benzene rings is 2. The molecule has 3 N–H and O–H groups in total. The van der Waals surface area contributed by atoms with Crippen LogP contribution in [0.15, 0.2) is 66.7 Å². The van der Waals surface area contributed by atoms with Crippen molar-refractivity contribution in [3.05, 3.63) is 81.7 Å². The molecule has 4 rings (SSSR count). The number of para-hydroxylation sites is 1. The second-order valence-electron chi connectivity index (χ2n) is 7.64. The fourth-order valence-electron chi connectivity index (χ4n) is 3.24. The minimum absolute atomic E-state index is 0.102. The SMILES string of the molecule is NCCCCCOc1ccc(-c2nc(NC(=O)c3ccc([N+](=O)[O-])s3)sc2Oc2ccccc2)cc1. The van der Waals surface area contributed by atoms with Crippen LogP contribution in [-0.4, -0.2) is 29.0 Å². The summed E-state index contributed by atoms with van der Waals surface area (Å²) in [5.41, 5.74) is 6.87. The number of thiophene rings is 1. The molecule has 2 aromatic heterocycles. The van der Waals surface area contributed by atoms with Crippen molar-refractivity contribution in [1.29, 1.82) is 0 Å². The van der Waals surface area contributed by atoms with Gasteiger partial charge in [-0.1, -0.05) is 40.9 Å². The number of unbranched alkanes of at least 4 members (excludes halogenated alkanes) is 2. The van der Waals surface area contributed by atoms with Gasteiger partial charge in [0.25, 0.3) is 5.91 Å². The molecular weight excluding hydrogens is 500 g/mol. The van der Waals surface area contributed by atoms with Crippen molar-refractivity contribution < 1.29 is 19.2 Å². The van der Waals surface area contributed by atoms with E-state index in [1.54, 1.807) is 0 Å². The summed E-state index contributed by atoms with van der Waals surface area (Å²) in [6.07, 6.45) is 2.95. The summed E-state index contributed by atoms with van der Waals surface area (Å²) in [6, 6.07) is 19.5. The quantitative estimate of drug-likeness (QED) is 0.126. The maximum absolute atomic E-state index is 12.7. The third kappa shape index (κ3) is 6.66. The molecular formula is C25H24N4O5S2. The highest BCUT2D eigenvalue weighted by Gasteiger charge is 2.20. The van der Waals surface area contributed by atoms with Gasteiger partial charge in [-0.2, -0.15) is 0 Å². The normalized spacial score (nSPS) is 10.7. The molecule has 0 unspecified atom stereocenters. The molecule has 2 aromatic carbocycles. The Kier molecular flexibility index (Phi) is 8.61. The lowest BCUT2D eigenvalue weighted by Crippen LogP contribution is -2.09. The number of nitro groups is 1. The van der Waals surface area contributed by atoms with Gasteiger partial charge in [0.1, 0.15) is 17.2 Å².